The van der Waals surface area contributed by atoms with Crippen molar-refractivity contribution >= 4 is 6.03 Å². The van der Waals surface area contributed by atoms with Gasteiger partial charge in [0.1, 0.15) is 5.76 Å². The van der Waals surface area contributed by atoms with Gasteiger partial charge < -0.3 is 15.1 Å². The topological polar surface area (TPSA) is 57.5 Å². The minimum atomic E-state index is 0.106. The molecule has 3 heterocycles. The van der Waals surface area contributed by atoms with Crippen molar-refractivity contribution < 1.29 is 9.21 Å². The Morgan fingerprint density at radius 1 is 1.03 bits per heavy atom. The number of furan rings is 1. The standard InChI is InChI=1S/C24H35N3O2/c28-23(26-24-12-16-7-17(13-24)9-18(8-16)14-24)25-19-10-20-3-1-4-21(11-19)27(20)15-22-5-2-6-29-22/h2,5-6,16-21H,1,3-4,7-15H2,(H2,25,26,28)/t16?,17?,18?,19?,20-,21+,24?. The van der Waals surface area contributed by atoms with Crippen LogP contribution in [0.1, 0.15) is 76.4 Å². The van der Waals surface area contributed by atoms with Crippen molar-refractivity contribution in [2.75, 3.05) is 0 Å². The minimum Gasteiger partial charge on any atom is -0.468 e. The van der Waals surface area contributed by atoms with Crippen molar-refractivity contribution in [2.45, 2.75) is 101 Å². The lowest BCUT2D eigenvalue weighted by Gasteiger charge is -2.57. The predicted octanol–water partition coefficient (Wildman–Crippen LogP) is 4.43. The Labute approximate surface area is 174 Å². The Hall–Kier alpha value is -1.49. The summed E-state index contributed by atoms with van der Waals surface area (Å²) >= 11 is 0. The van der Waals surface area contributed by atoms with E-state index in [1.165, 1.54) is 57.8 Å². The molecule has 1 aromatic heterocycles. The van der Waals surface area contributed by atoms with Crippen LogP contribution in [0.15, 0.2) is 22.8 Å². The highest BCUT2D eigenvalue weighted by molar-refractivity contribution is 5.75. The summed E-state index contributed by atoms with van der Waals surface area (Å²) in [6.07, 6.45) is 15.6. The molecule has 0 aromatic carbocycles. The highest BCUT2D eigenvalue weighted by atomic mass is 16.3. The smallest absolute Gasteiger partial charge is 0.315 e. The lowest BCUT2D eigenvalue weighted by atomic mass is 9.53. The number of piperidine rings is 2. The van der Waals surface area contributed by atoms with Gasteiger partial charge in [-0.2, -0.15) is 0 Å². The summed E-state index contributed by atoms with van der Waals surface area (Å²) < 4.78 is 5.61. The first kappa shape index (κ1) is 18.3. The summed E-state index contributed by atoms with van der Waals surface area (Å²) in [6.45, 7) is 0.911. The molecule has 158 valence electrons. The number of rotatable bonds is 4. The van der Waals surface area contributed by atoms with Crippen LogP contribution in [0.25, 0.3) is 0 Å². The van der Waals surface area contributed by atoms with E-state index in [4.69, 9.17) is 4.42 Å². The zero-order valence-electron chi connectivity index (χ0n) is 17.4. The summed E-state index contributed by atoms with van der Waals surface area (Å²) in [5, 5.41) is 6.91. The molecule has 29 heavy (non-hydrogen) atoms. The number of nitrogens with one attached hydrogen (secondary N) is 2. The van der Waals surface area contributed by atoms with Crippen LogP contribution in [0, 0.1) is 17.8 Å². The first-order chi connectivity index (χ1) is 14.1. The molecule has 4 saturated carbocycles. The number of amides is 2. The molecule has 0 radical (unpaired) electrons. The lowest BCUT2D eigenvalue weighted by molar-refractivity contribution is -0.0147. The van der Waals surface area contributed by atoms with E-state index in [2.05, 4.69) is 21.6 Å². The predicted molar refractivity (Wildman–Crippen MR) is 111 cm³/mol. The highest BCUT2D eigenvalue weighted by Gasteiger charge is 2.51. The fourth-order valence-corrected chi connectivity index (χ4v) is 8.16. The molecule has 2 saturated heterocycles. The molecular weight excluding hydrogens is 362 g/mol. The van der Waals surface area contributed by atoms with Crippen molar-refractivity contribution in [1.82, 2.24) is 15.5 Å². The average Bonchev–Trinajstić information content (AvgIpc) is 3.13. The summed E-state index contributed by atoms with van der Waals surface area (Å²) in [5.41, 5.74) is 0.106. The molecular formula is C24H35N3O2. The molecule has 3 atom stereocenters. The zero-order valence-corrected chi connectivity index (χ0v) is 17.4. The van der Waals surface area contributed by atoms with Gasteiger partial charge in [-0.3, -0.25) is 4.90 Å². The van der Waals surface area contributed by atoms with Gasteiger partial charge in [0.15, 0.2) is 0 Å². The highest BCUT2D eigenvalue weighted by Crippen LogP contribution is 2.55. The van der Waals surface area contributed by atoms with Crippen LogP contribution in [-0.2, 0) is 6.54 Å². The Balaban J connectivity index is 1.08. The molecule has 7 rings (SSSR count). The third kappa shape index (κ3) is 3.49. The second-order valence-corrected chi connectivity index (χ2v) is 11.0. The summed E-state index contributed by atoms with van der Waals surface area (Å²) in [4.78, 5) is 15.6. The van der Waals surface area contributed by atoms with Gasteiger partial charge in [0.2, 0.25) is 0 Å². The number of fused-ring (bicyclic) bond motifs is 2. The molecule has 6 fully saturated rings. The van der Waals surface area contributed by atoms with Gasteiger partial charge in [0.25, 0.3) is 0 Å². The SMILES string of the molecule is O=C(NC1C[C@H]2CCC[C@@H](C1)N2Cc1ccco1)NC12CC3CC(CC(C3)C1)C2. The van der Waals surface area contributed by atoms with Crippen LogP contribution in [0.3, 0.4) is 0 Å². The van der Waals surface area contributed by atoms with Crippen LogP contribution in [0.5, 0.6) is 0 Å². The molecule has 2 N–H and O–H groups in total. The largest absolute Gasteiger partial charge is 0.468 e. The van der Waals surface area contributed by atoms with Crippen molar-refractivity contribution in [3.05, 3.63) is 24.2 Å². The quantitative estimate of drug-likeness (QED) is 0.790. The van der Waals surface area contributed by atoms with Crippen LogP contribution in [0.4, 0.5) is 4.79 Å². The summed E-state index contributed by atoms with van der Waals surface area (Å²) in [7, 11) is 0. The molecule has 4 aliphatic carbocycles. The van der Waals surface area contributed by atoms with E-state index in [1.54, 1.807) is 6.26 Å². The fourth-order valence-electron chi connectivity index (χ4n) is 8.16. The van der Waals surface area contributed by atoms with E-state index in [-0.39, 0.29) is 11.6 Å². The maximum absolute atomic E-state index is 13.0. The number of carbonyl (C=O) groups is 1. The number of urea groups is 1. The molecule has 2 aliphatic heterocycles. The van der Waals surface area contributed by atoms with Gasteiger partial charge in [0.05, 0.1) is 12.8 Å². The first-order valence-corrected chi connectivity index (χ1v) is 12.0. The van der Waals surface area contributed by atoms with Gasteiger partial charge in [-0.15, -0.1) is 0 Å². The van der Waals surface area contributed by atoms with E-state index in [9.17, 15) is 4.79 Å². The van der Waals surface area contributed by atoms with Crippen LogP contribution in [0.2, 0.25) is 0 Å². The molecule has 6 aliphatic rings. The maximum atomic E-state index is 13.0. The van der Waals surface area contributed by atoms with Gasteiger partial charge >= 0.3 is 6.03 Å². The molecule has 5 heteroatoms. The van der Waals surface area contributed by atoms with Crippen molar-refractivity contribution in [3.63, 3.8) is 0 Å². The van der Waals surface area contributed by atoms with E-state index < -0.39 is 0 Å². The first-order valence-electron chi connectivity index (χ1n) is 12.0. The average molecular weight is 398 g/mol. The molecule has 6 bridgehead atoms. The molecule has 5 nitrogen and oxygen atoms in total. The number of nitrogens with zero attached hydrogens (tertiary/aromatic N) is 1. The third-order valence-electron chi connectivity index (χ3n) is 8.80. The van der Waals surface area contributed by atoms with Crippen LogP contribution in [-0.4, -0.2) is 34.6 Å². The van der Waals surface area contributed by atoms with Crippen LogP contribution < -0.4 is 10.6 Å². The van der Waals surface area contributed by atoms with Crippen LogP contribution >= 0.6 is 0 Å². The van der Waals surface area contributed by atoms with Crippen molar-refractivity contribution in [3.8, 4) is 0 Å². The maximum Gasteiger partial charge on any atom is 0.315 e. The molecule has 2 amide bonds. The number of hydrogen-bond donors (Lipinski definition) is 2. The summed E-state index contributed by atoms with van der Waals surface area (Å²) in [6, 6.07) is 5.61. The fraction of sp³-hybridized carbons (Fsp3) is 0.792. The molecule has 1 aromatic rings. The van der Waals surface area contributed by atoms with Crippen molar-refractivity contribution in [1.29, 1.82) is 0 Å². The monoisotopic (exact) mass is 397 g/mol. The molecule has 1 unspecified atom stereocenters. The van der Waals surface area contributed by atoms with E-state index in [0.29, 0.717) is 18.1 Å². The zero-order chi connectivity index (χ0) is 19.4. The van der Waals surface area contributed by atoms with Crippen molar-refractivity contribution in [2.24, 2.45) is 17.8 Å². The normalized spacial score (nSPS) is 43.3. The number of carbonyl (C=O) groups excluding carboxylic acids is 1. The molecule has 0 spiro atoms. The third-order valence-corrected chi connectivity index (χ3v) is 8.80. The minimum absolute atomic E-state index is 0.106. The van der Waals surface area contributed by atoms with Gasteiger partial charge in [0, 0.05) is 23.7 Å². The summed E-state index contributed by atoms with van der Waals surface area (Å²) in [5.74, 6) is 3.66. The van der Waals surface area contributed by atoms with E-state index >= 15 is 0 Å². The van der Waals surface area contributed by atoms with E-state index in [0.717, 1.165) is 42.9 Å². The number of hydrogen-bond acceptors (Lipinski definition) is 3. The Morgan fingerprint density at radius 2 is 1.69 bits per heavy atom. The Kier molecular flexibility index (Phi) is 4.44. The Bertz CT molecular complexity index is 696. The van der Waals surface area contributed by atoms with E-state index in [1.807, 2.05) is 6.07 Å². The second kappa shape index (κ2) is 7.04. The second-order valence-electron chi connectivity index (χ2n) is 11.0. The lowest BCUT2D eigenvalue weighted by Crippen LogP contribution is -2.63. The van der Waals surface area contributed by atoms with Gasteiger partial charge in [-0.25, -0.2) is 4.79 Å². The van der Waals surface area contributed by atoms with Gasteiger partial charge in [-0.1, -0.05) is 6.42 Å². The van der Waals surface area contributed by atoms with Gasteiger partial charge in [-0.05, 0) is 94.1 Å². The Morgan fingerprint density at radius 3 is 2.28 bits per heavy atom.